The van der Waals surface area contributed by atoms with Gasteiger partial charge in [0.05, 0.1) is 16.6 Å². The Hall–Kier alpha value is -1.91. The Balaban J connectivity index is 2.42. The lowest BCUT2D eigenvalue weighted by atomic mass is 10.2. The highest BCUT2D eigenvalue weighted by atomic mass is 79.9. The first kappa shape index (κ1) is 14.5. The molecule has 20 heavy (non-hydrogen) atoms. The number of non-ortho nitro benzene ring substituents is 1. The van der Waals surface area contributed by atoms with E-state index in [9.17, 15) is 10.1 Å². The molecular weight excluding hydrogens is 392 g/mol. The molecule has 100 valence electrons. The number of halogens is 2. The number of hydrogen-bond donors (Lipinski definition) is 0. The first-order chi connectivity index (χ1) is 9.49. The van der Waals surface area contributed by atoms with Crippen LogP contribution in [-0.2, 0) is 0 Å². The van der Waals surface area contributed by atoms with Gasteiger partial charge >= 0.3 is 0 Å². The Labute approximate surface area is 131 Å². The maximum atomic E-state index is 10.8. The van der Waals surface area contributed by atoms with Crippen molar-refractivity contribution < 1.29 is 9.66 Å². The topological polar surface area (TPSA) is 76.2 Å². The van der Waals surface area contributed by atoms with Gasteiger partial charge in [-0.05, 0) is 24.3 Å². The van der Waals surface area contributed by atoms with Gasteiger partial charge in [0.2, 0.25) is 0 Å². The molecule has 0 fully saturated rings. The lowest BCUT2D eigenvalue weighted by Gasteiger charge is -2.08. The number of nitro benzene ring substituents is 1. The lowest BCUT2D eigenvalue weighted by Crippen LogP contribution is -1.92. The van der Waals surface area contributed by atoms with E-state index >= 15 is 0 Å². The number of hydrogen-bond acceptors (Lipinski definition) is 4. The maximum absolute atomic E-state index is 10.8. The number of ether oxygens (including phenoxy) is 1. The third kappa shape index (κ3) is 3.35. The normalized spacial score (nSPS) is 9.85. The monoisotopic (exact) mass is 396 g/mol. The third-order valence-electron chi connectivity index (χ3n) is 2.36. The van der Waals surface area contributed by atoms with Crippen molar-refractivity contribution in [1.29, 1.82) is 5.26 Å². The fourth-order valence-corrected chi connectivity index (χ4v) is 2.31. The Morgan fingerprint density at radius 3 is 2.55 bits per heavy atom. The summed E-state index contributed by atoms with van der Waals surface area (Å²) in [6.45, 7) is 0. The summed E-state index contributed by atoms with van der Waals surface area (Å²) in [4.78, 5) is 10.3. The van der Waals surface area contributed by atoms with E-state index in [1.807, 2.05) is 6.07 Å². The molecule has 0 aliphatic carbocycles. The second-order valence-electron chi connectivity index (χ2n) is 3.76. The Morgan fingerprint density at radius 1 is 1.15 bits per heavy atom. The molecule has 0 radical (unpaired) electrons. The fraction of sp³-hybridized carbons (Fsp3) is 0. The Morgan fingerprint density at radius 2 is 1.90 bits per heavy atom. The first-order valence-electron chi connectivity index (χ1n) is 5.32. The van der Waals surface area contributed by atoms with Crippen molar-refractivity contribution in [3.63, 3.8) is 0 Å². The largest absolute Gasteiger partial charge is 0.456 e. The van der Waals surface area contributed by atoms with E-state index in [1.54, 1.807) is 24.3 Å². The summed E-state index contributed by atoms with van der Waals surface area (Å²) in [5.74, 6) is 0.606. The van der Waals surface area contributed by atoms with E-state index in [2.05, 4.69) is 31.9 Å². The molecule has 0 atom stereocenters. The Kier molecular flexibility index (Phi) is 4.37. The van der Waals surface area contributed by atoms with Crippen LogP contribution in [-0.4, -0.2) is 4.92 Å². The van der Waals surface area contributed by atoms with Crippen LogP contribution in [0.15, 0.2) is 45.3 Å². The third-order valence-corrected chi connectivity index (χ3v) is 3.31. The highest BCUT2D eigenvalue weighted by molar-refractivity contribution is 9.10. The maximum Gasteiger partial charge on any atom is 0.274 e. The van der Waals surface area contributed by atoms with Gasteiger partial charge in [-0.15, -0.1) is 0 Å². The summed E-state index contributed by atoms with van der Waals surface area (Å²) in [6, 6.07) is 11.2. The molecule has 0 saturated carbocycles. The van der Waals surface area contributed by atoms with Crippen molar-refractivity contribution in [3.8, 4) is 17.6 Å². The van der Waals surface area contributed by atoms with E-state index in [0.717, 1.165) is 4.47 Å². The molecule has 0 N–H and O–H groups in total. The zero-order valence-corrected chi connectivity index (χ0v) is 13.0. The zero-order chi connectivity index (χ0) is 14.7. The number of rotatable bonds is 3. The Bertz CT molecular complexity index is 726. The molecule has 0 amide bonds. The molecule has 7 heteroatoms. The number of nitrogens with zero attached hydrogens (tertiary/aromatic N) is 2. The molecule has 2 rings (SSSR count). The number of benzene rings is 2. The van der Waals surface area contributed by atoms with Crippen LogP contribution < -0.4 is 4.74 Å². The summed E-state index contributed by atoms with van der Waals surface area (Å²) in [5.41, 5.74) is 0.249. The fourth-order valence-electron chi connectivity index (χ4n) is 1.51. The van der Waals surface area contributed by atoms with Gasteiger partial charge in [-0.2, -0.15) is 5.26 Å². The number of nitriles is 1. The second kappa shape index (κ2) is 6.03. The van der Waals surface area contributed by atoms with Crippen LogP contribution in [0.25, 0.3) is 0 Å². The van der Waals surface area contributed by atoms with Crippen molar-refractivity contribution in [1.82, 2.24) is 0 Å². The van der Waals surface area contributed by atoms with E-state index < -0.39 is 4.92 Å². The molecule has 2 aromatic carbocycles. The van der Waals surface area contributed by atoms with E-state index in [0.29, 0.717) is 15.8 Å². The van der Waals surface area contributed by atoms with Gasteiger partial charge in [0.15, 0.2) is 0 Å². The minimum Gasteiger partial charge on any atom is -0.456 e. The van der Waals surface area contributed by atoms with Gasteiger partial charge in [0.25, 0.3) is 5.69 Å². The number of nitro groups is 1. The molecule has 2 aromatic rings. The van der Waals surface area contributed by atoms with Crippen LogP contribution in [0.3, 0.4) is 0 Å². The smallest absolute Gasteiger partial charge is 0.274 e. The van der Waals surface area contributed by atoms with Gasteiger partial charge in [0, 0.05) is 15.0 Å². The van der Waals surface area contributed by atoms with Crippen molar-refractivity contribution >= 4 is 37.5 Å². The quantitative estimate of drug-likeness (QED) is 0.551. The van der Waals surface area contributed by atoms with Crippen LogP contribution >= 0.6 is 31.9 Å². The molecule has 0 heterocycles. The first-order valence-corrected chi connectivity index (χ1v) is 6.90. The van der Waals surface area contributed by atoms with Gasteiger partial charge in [-0.25, -0.2) is 0 Å². The van der Waals surface area contributed by atoms with E-state index in [4.69, 9.17) is 10.00 Å². The van der Waals surface area contributed by atoms with Crippen molar-refractivity contribution in [2.45, 2.75) is 0 Å². The highest BCUT2D eigenvalue weighted by Crippen LogP contribution is 2.32. The van der Waals surface area contributed by atoms with Crippen molar-refractivity contribution in [2.75, 3.05) is 0 Å². The van der Waals surface area contributed by atoms with Gasteiger partial charge in [-0.3, -0.25) is 10.1 Å². The van der Waals surface area contributed by atoms with Crippen LogP contribution in [0.2, 0.25) is 0 Å². The standard InChI is InChI=1S/C13H6Br2N2O3/c14-9-2-1-8(7-16)13(5-9)20-12-4-10(15)3-11(6-12)17(18)19/h1-6H. The van der Waals surface area contributed by atoms with Crippen molar-refractivity contribution in [3.05, 3.63) is 61.0 Å². The van der Waals surface area contributed by atoms with Crippen molar-refractivity contribution in [2.24, 2.45) is 0 Å². The zero-order valence-electron chi connectivity index (χ0n) is 9.84. The molecule has 0 saturated heterocycles. The molecule has 0 bridgehead atoms. The van der Waals surface area contributed by atoms with Gasteiger partial charge < -0.3 is 4.74 Å². The minimum atomic E-state index is -0.510. The molecule has 0 aromatic heterocycles. The molecule has 0 aliphatic heterocycles. The average molecular weight is 398 g/mol. The van der Waals surface area contributed by atoms with Crippen LogP contribution in [0.1, 0.15) is 5.56 Å². The predicted octanol–water partition coefficient (Wildman–Crippen LogP) is 4.78. The van der Waals surface area contributed by atoms with E-state index in [1.165, 1.54) is 12.1 Å². The SMILES string of the molecule is N#Cc1ccc(Br)cc1Oc1cc(Br)cc([N+](=O)[O-])c1. The predicted molar refractivity (Wildman–Crippen MR) is 79.7 cm³/mol. The van der Waals surface area contributed by atoms with Crippen LogP contribution in [0.4, 0.5) is 5.69 Å². The summed E-state index contributed by atoms with van der Waals surface area (Å²) in [5, 5.41) is 19.8. The minimum absolute atomic E-state index is 0.0946. The second-order valence-corrected chi connectivity index (χ2v) is 5.59. The summed E-state index contributed by atoms with van der Waals surface area (Å²) >= 11 is 6.47. The van der Waals surface area contributed by atoms with Crippen LogP contribution in [0.5, 0.6) is 11.5 Å². The van der Waals surface area contributed by atoms with E-state index in [-0.39, 0.29) is 11.4 Å². The summed E-state index contributed by atoms with van der Waals surface area (Å²) in [6.07, 6.45) is 0. The summed E-state index contributed by atoms with van der Waals surface area (Å²) in [7, 11) is 0. The average Bonchev–Trinajstić information content (AvgIpc) is 2.38. The van der Waals surface area contributed by atoms with Crippen LogP contribution in [0, 0.1) is 21.4 Å². The van der Waals surface area contributed by atoms with Gasteiger partial charge in [0.1, 0.15) is 17.6 Å². The summed E-state index contributed by atoms with van der Waals surface area (Å²) < 4.78 is 6.84. The lowest BCUT2D eigenvalue weighted by molar-refractivity contribution is -0.385. The van der Waals surface area contributed by atoms with Gasteiger partial charge in [-0.1, -0.05) is 31.9 Å². The highest BCUT2D eigenvalue weighted by Gasteiger charge is 2.12. The molecule has 0 spiro atoms. The molecule has 0 aliphatic rings. The molecule has 0 unspecified atom stereocenters. The molecular formula is C13H6Br2N2O3. The molecule has 5 nitrogen and oxygen atoms in total.